The van der Waals surface area contributed by atoms with E-state index in [0.29, 0.717) is 0 Å². The maximum Gasteiger partial charge on any atom is 0.243 e. The first-order chi connectivity index (χ1) is 8.92. The smallest absolute Gasteiger partial charge is 0.243 e. The molecule has 0 aliphatic carbocycles. The second-order valence-corrected chi connectivity index (χ2v) is 7.20. The van der Waals surface area contributed by atoms with Crippen molar-refractivity contribution in [3.8, 4) is 0 Å². The van der Waals surface area contributed by atoms with Gasteiger partial charge in [-0.05, 0) is 54.4 Å². The molecule has 2 rings (SSSR count). The van der Waals surface area contributed by atoms with E-state index in [2.05, 4.69) is 26.0 Å². The van der Waals surface area contributed by atoms with Gasteiger partial charge in [-0.2, -0.15) is 0 Å². The fourth-order valence-electron chi connectivity index (χ4n) is 2.16. The van der Waals surface area contributed by atoms with Crippen molar-refractivity contribution in [2.75, 3.05) is 6.54 Å². The van der Waals surface area contributed by atoms with Crippen LogP contribution in [0.3, 0.4) is 0 Å². The molecule has 114 valence electrons. The highest BCUT2D eigenvalue weighted by molar-refractivity contribution is 9.10. The molecule has 1 aromatic carbocycles. The van der Waals surface area contributed by atoms with Crippen LogP contribution in [0.2, 0.25) is 0 Å². The molecule has 1 saturated heterocycles. The summed E-state index contributed by atoms with van der Waals surface area (Å²) in [4.78, 5) is -0.320. The molecule has 0 amide bonds. The summed E-state index contributed by atoms with van der Waals surface area (Å²) in [7, 11) is -3.84. The van der Waals surface area contributed by atoms with Gasteiger partial charge in [0.1, 0.15) is 4.90 Å². The molecule has 20 heavy (non-hydrogen) atoms. The molecule has 1 aliphatic rings. The average molecular weight is 388 g/mol. The molecule has 2 atom stereocenters. The van der Waals surface area contributed by atoms with E-state index in [9.17, 15) is 12.8 Å². The number of rotatable bonds is 3. The summed E-state index contributed by atoms with van der Waals surface area (Å²) < 4.78 is 41.0. The number of hydrogen-bond acceptors (Lipinski definition) is 3. The van der Waals surface area contributed by atoms with Crippen molar-refractivity contribution >= 4 is 38.4 Å². The van der Waals surface area contributed by atoms with E-state index < -0.39 is 15.8 Å². The third-order valence-corrected chi connectivity index (χ3v) is 5.39. The summed E-state index contributed by atoms with van der Waals surface area (Å²) in [5.41, 5.74) is 0. The Bertz CT molecular complexity index is 571. The normalized spacial score (nSPS) is 23.1. The molecule has 0 saturated carbocycles. The van der Waals surface area contributed by atoms with E-state index in [1.165, 1.54) is 18.2 Å². The van der Waals surface area contributed by atoms with Crippen molar-refractivity contribution in [1.82, 2.24) is 10.0 Å². The van der Waals surface area contributed by atoms with Gasteiger partial charge in [0.25, 0.3) is 0 Å². The van der Waals surface area contributed by atoms with Gasteiger partial charge in [-0.15, -0.1) is 12.4 Å². The van der Waals surface area contributed by atoms with E-state index in [4.69, 9.17) is 0 Å². The van der Waals surface area contributed by atoms with Crippen LogP contribution in [0.1, 0.15) is 19.8 Å². The molecule has 1 aromatic rings. The third-order valence-electron chi connectivity index (χ3n) is 3.27. The van der Waals surface area contributed by atoms with Crippen LogP contribution in [0.5, 0.6) is 0 Å². The van der Waals surface area contributed by atoms with Gasteiger partial charge in [0.15, 0.2) is 5.82 Å². The van der Waals surface area contributed by atoms with Gasteiger partial charge in [-0.3, -0.25) is 0 Å². The first-order valence-electron chi connectivity index (χ1n) is 6.11. The molecule has 0 radical (unpaired) electrons. The molecular weight excluding hydrogens is 371 g/mol. The topological polar surface area (TPSA) is 58.2 Å². The predicted molar refractivity (Wildman–Crippen MR) is 82.2 cm³/mol. The second-order valence-electron chi connectivity index (χ2n) is 4.66. The minimum absolute atomic E-state index is 0. The van der Waals surface area contributed by atoms with Crippen molar-refractivity contribution < 1.29 is 12.8 Å². The highest BCUT2D eigenvalue weighted by atomic mass is 79.9. The fraction of sp³-hybridized carbons (Fsp3) is 0.500. The molecule has 2 N–H and O–H groups in total. The number of nitrogens with one attached hydrogen (secondary N) is 2. The number of piperidine rings is 1. The van der Waals surface area contributed by atoms with E-state index in [-0.39, 0.29) is 33.9 Å². The third kappa shape index (κ3) is 3.92. The van der Waals surface area contributed by atoms with Gasteiger partial charge in [-0.25, -0.2) is 17.5 Å². The van der Waals surface area contributed by atoms with Crippen molar-refractivity contribution in [1.29, 1.82) is 0 Å². The number of benzene rings is 1. The Morgan fingerprint density at radius 2 is 2.15 bits per heavy atom. The van der Waals surface area contributed by atoms with Crippen LogP contribution in [0.25, 0.3) is 0 Å². The monoisotopic (exact) mass is 386 g/mol. The van der Waals surface area contributed by atoms with Crippen LogP contribution >= 0.6 is 28.3 Å². The fourth-order valence-corrected chi connectivity index (χ4v) is 4.11. The van der Waals surface area contributed by atoms with Crippen LogP contribution < -0.4 is 10.0 Å². The van der Waals surface area contributed by atoms with Crippen LogP contribution in [0.4, 0.5) is 4.39 Å². The lowest BCUT2D eigenvalue weighted by atomic mass is 10.0. The van der Waals surface area contributed by atoms with Crippen LogP contribution in [-0.2, 0) is 10.0 Å². The largest absolute Gasteiger partial charge is 0.313 e. The Hall–Kier alpha value is -0.210. The zero-order valence-corrected chi connectivity index (χ0v) is 14.1. The van der Waals surface area contributed by atoms with Gasteiger partial charge in [0.05, 0.1) is 4.47 Å². The summed E-state index contributed by atoms with van der Waals surface area (Å²) in [5, 5.41) is 3.20. The quantitative estimate of drug-likeness (QED) is 0.837. The minimum Gasteiger partial charge on any atom is -0.313 e. The average Bonchev–Trinajstić information content (AvgIpc) is 2.35. The summed E-state index contributed by atoms with van der Waals surface area (Å²) in [5.74, 6) is -0.758. The summed E-state index contributed by atoms with van der Waals surface area (Å²) >= 11 is 3.00. The molecule has 1 aliphatic heterocycles. The molecule has 0 aromatic heterocycles. The van der Waals surface area contributed by atoms with Crippen molar-refractivity contribution in [2.24, 2.45) is 0 Å². The Morgan fingerprint density at radius 3 is 2.80 bits per heavy atom. The SMILES string of the molecule is CC1NCCCC1NS(=O)(=O)c1cccc(Br)c1F.Cl. The molecule has 4 nitrogen and oxygen atoms in total. The van der Waals surface area contributed by atoms with Gasteiger partial charge in [0, 0.05) is 12.1 Å². The highest BCUT2D eigenvalue weighted by Crippen LogP contribution is 2.23. The zero-order valence-electron chi connectivity index (χ0n) is 10.9. The molecule has 1 fully saturated rings. The first kappa shape index (κ1) is 17.8. The molecule has 0 spiro atoms. The van der Waals surface area contributed by atoms with E-state index in [1.807, 2.05) is 6.92 Å². The van der Waals surface area contributed by atoms with E-state index in [0.717, 1.165) is 19.4 Å². The molecule has 1 heterocycles. The maximum absolute atomic E-state index is 13.9. The van der Waals surface area contributed by atoms with Gasteiger partial charge < -0.3 is 5.32 Å². The van der Waals surface area contributed by atoms with Crippen molar-refractivity contribution in [2.45, 2.75) is 36.7 Å². The van der Waals surface area contributed by atoms with Crippen LogP contribution in [0.15, 0.2) is 27.6 Å². The minimum atomic E-state index is -3.84. The van der Waals surface area contributed by atoms with E-state index in [1.54, 1.807) is 0 Å². The second kappa shape index (κ2) is 7.17. The van der Waals surface area contributed by atoms with E-state index >= 15 is 0 Å². The van der Waals surface area contributed by atoms with Gasteiger partial charge in [0.2, 0.25) is 10.0 Å². The summed E-state index contributed by atoms with van der Waals surface area (Å²) in [6.07, 6.45) is 1.65. The zero-order chi connectivity index (χ0) is 14.0. The lowest BCUT2D eigenvalue weighted by Gasteiger charge is -2.30. The Labute approximate surface area is 133 Å². The summed E-state index contributed by atoms with van der Waals surface area (Å²) in [6.45, 7) is 2.80. The lowest BCUT2D eigenvalue weighted by Crippen LogP contribution is -2.51. The summed E-state index contributed by atoms with van der Waals surface area (Å²) in [6, 6.07) is 4.07. The number of sulfonamides is 1. The molecule has 2 unspecified atom stereocenters. The van der Waals surface area contributed by atoms with Crippen molar-refractivity contribution in [3.05, 3.63) is 28.5 Å². The first-order valence-corrected chi connectivity index (χ1v) is 8.39. The molecular formula is C12H17BrClFN2O2S. The molecule has 8 heteroatoms. The maximum atomic E-state index is 13.9. The lowest BCUT2D eigenvalue weighted by molar-refractivity contribution is 0.348. The van der Waals surface area contributed by atoms with Gasteiger partial charge in [-0.1, -0.05) is 6.07 Å². The number of halogens is 3. The molecule has 0 bridgehead atoms. The predicted octanol–water partition coefficient (Wildman–Crippen LogP) is 2.43. The highest BCUT2D eigenvalue weighted by Gasteiger charge is 2.28. The Balaban J connectivity index is 0.00000200. The Kier molecular flexibility index (Phi) is 6.40. The van der Waals surface area contributed by atoms with Gasteiger partial charge >= 0.3 is 0 Å². The van der Waals surface area contributed by atoms with Crippen LogP contribution in [-0.4, -0.2) is 27.0 Å². The van der Waals surface area contributed by atoms with Crippen molar-refractivity contribution in [3.63, 3.8) is 0 Å². The van der Waals surface area contributed by atoms with Crippen LogP contribution in [0, 0.1) is 5.82 Å². The number of hydrogen-bond donors (Lipinski definition) is 2. The Morgan fingerprint density at radius 1 is 1.45 bits per heavy atom. The standard InChI is InChI=1S/C12H16BrFN2O2S.ClH/c1-8-10(5-3-7-15-8)16-19(17,18)11-6-2-4-9(13)12(11)14;/h2,4,6,8,10,15-16H,3,5,7H2,1H3;1H.